The maximum Gasteiger partial charge on any atom is 0.126 e. The minimum absolute atomic E-state index is 0.0404. The summed E-state index contributed by atoms with van der Waals surface area (Å²) in [6.45, 7) is 10.2. The molecule has 1 unspecified atom stereocenters. The highest BCUT2D eigenvalue weighted by molar-refractivity contribution is 5.70. The van der Waals surface area contributed by atoms with Crippen molar-refractivity contribution in [1.29, 1.82) is 0 Å². The molecule has 0 aliphatic carbocycles. The molecule has 3 nitrogen and oxygen atoms in total. The zero-order chi connectivity index (χ0) is 18.3. The molecule has 0 saturated heterocycles. The second-order valence-electron chi connectivity index (χ2n) is 6.96. The van der Waals surface area contributed by atoms with Gasteiger partial charge in [0.05, 0.1) is 19.3 Å². The van der Waals surface area contributed by atoms with Crippen LogP contribution in [0.3, 0.4) is 0 Å². The third-order valence-corrected chi connectivity index (χ3v) is 4.73. The molecule has 0 amide bonds. The summed E-state index contributed by atoms with van der Waals surface area (Å²) in [6.07, 6.45) is 1.02. The minimum Gasteiger partial charge on any atom is -0.496 e. The Morgan fingerprint density at radius 3 is 2.36 bits per heavy atom. The highest BCUT2D eigenvalue weighted by Gasteiger charge is 2.15. The molecule has 0 aromatic heterocycles. The molecule has 25 heavy (non-hydrogen) atoms. The Morgan fingerprint density at radius 2 is 1.72 bits per heavy atom. The zero-order valence-corrected chi connectivity index (χ0v) is 16.1. The van der Waals surface area contributed by atoms with Gasteiger partial charge in [-0.3, -0.25) is 0 Å². The Hall–Kier alpha value is -1.84. The predicted octanol–water partition coefficient (Wildman–Crippen LogP) is 5.22. The zero-order valence-electron chi connectivity index (χ0n) is 16.1. The van der Waals surface area contributed by atoms with Crippen LogP contribution in [-0.4, -0.2) is 25.9 Å². The fourth-order valence-electron chi connectivity index (χ4n) is 2.66. The molecule has 1 N–H and O–H groups in total. The fraction of sp³-hybridized carbons (Fsp3) is 0.455. The van der Waals surface area contributed by atoms with Crippen LogP contribution in [0.1, 0.15) is 45.7 Å². The molecule has 0 radical (unpaired) electrons. The van der Waals surface area contributed by atoms with E-state index in [0.717, 1.165) is 30.9 Å². The topological polar surface area (TPSA) is 30.5 Å². The molecule has 0 spiro atoms. The standard InChI is InChI=1S/C22H31NO2/c1-6-22(3,4)25-16-15-23-17(2)18-11-13-19(14-12-18)20-9-7-8-10-21(20)24-5/h7-14,17,23H,6,15-16H2,1-5H3. The van der Waals surface area contributed by atoms with Gasteiger partial charge < -0.3 is 14.8 Å². The van der Waals surface area contributed by atoms with E-state index in [0.29, 0.717) is 6.04 Å². The molecule has 0 aliphatic heterocycles. The van der Waals surface area contributed by atoms with E-state index in [-0.39, 0.29) is 5.60 Å². The molecular weight excluding hydrogens is 310 g/mol. The highest BCUT2D eigenvalue weighted by Crippen LogP contribution is 2.30. The van der Waals surface area contributed by atoms with Crippen molar-refractivity contribution < 1.29 is 9.47 Å². The van der Waals surface area contributed by atoms with Gasteiger partial charge in [0, 0.05) is 18.2 Å². The van der Waals surface area contributed by atoms with E-state index in [9.17, 15) is 0 Å². The van der Waals surface area contributed by atoms with Crippen LogP contribution in [0.15, 0.2) is 48.5 Å². The fourth-order valence-corrected chi connectivity index (χ4v) is 2.66. The van der Waals surface area contributed by atoms with Gasteiger partial charge in [-0.05, 0) is 44.4 Å². The summed E-state index contributed by atoms with van der Waals surface area (Å²) in [5.74, 6) is 0.900. The van der Waals surface area contributed by atoms with E-state index < -0.39 is 0 Å². The SMILES string of the molecule is CCC(C)(C)OCCNC(C)c1ccc(-c2ccccc2OC)cc1. The molecule has 3 heteroatoms. The van der Waals surface area contributed by atoms with Gasteiger partial charge in [-0.1, -0.05) is 49.4 Å². The molecule has 0 bridgehead atoms. The van der Waals surface area contributed by atoms with Crippen molar-refractivity contribution >= 4 is 0 Å². The van der Waals surface area contributed by atoms with E-state index in [2.05, 4.69) is 63.3 Å². The Kier molecular flexibility index (Phi) is 7.03. The summed E-state index contributed by atoms with van der Waals surface area (Å²) in [5.41, 5.74) is 3.52. The van der Waals surface area contributed by atoms with Gasteiger partial charge in [-0.25, -0.2) is 0 Å². The van der Waals surface area contributed by atoms with E-state index in [4.69, 9.17) is 9.47 Å². The molecule has 2 aromatic rings. The van der Waals surface area contributed by atoms with E-state index in [1.165, 1.54) is 11.1 Å². The van der Waals surface area contributed by atoms with Crippen LogP contribution in [0, 0.1) is 0 Å². The van der Waals surface area contributed by atoms with Crippen LogP contribution in [0.2, 0.25) is 0 Å². The third-order valence-electron chi connectivity index (χ3n) is 4.73. The molecule has 0 aliphatic rings. The van der Waals surface area contributed by atoms with Crippen LogP contribution in [0.25, 0.3) is 11.1 Å². The number of ether oxygens (including phenoxy) is 2. The van der Waals surface area contributed by atoms with Crippen molar-refractivity contribution in [2.45, 2.75) is 45.8 Å². The largest absolute Gasteiger partial charge is 0.496 e. The molecule has 1 atom stereocenters. The molecule has 0 heterocycles. The van der Waals surface area contributed by atoms with Crippen LogP contribution in [-0.2, 0) is 4.74 Å². The van der Waals surface area contributed by atoms with Crippen LogP contribution in [0.4, 0.5) is 0 Å². The van der Waals surface area contributed by atoms with Gasteiger partial charge in [0.25, 0.3) is 0 Å². The molecule has 2 rings (SSSR count). The normalized spacial score (nSPS) is 12.8. The molecule has 0 saturated carbocycles. The number of hydrogen-bond acceptors (Lipinski definition) is 3. The summed E-state index contributed by atoms with van der Waals surface area (Å²) in [6, 6.07) is 17.1. The maximum absolute atomic E-state index is 5.89. The van der Waals surface area contributed by atoms with Gasteiger partial charge in [0.1, 0.15) is 5.75 Å². The highest BCUT2D eigenvalue weighted by atomic mass is 16.5. The monoisotopic (exact) mass is 341 g/mol. The van der Waals surface area contributed by atoms with Gasteiger partial charge in [-0.15, -0.1) is 0 Å². The number of nitrogens with one attached hydrogen (secondary N) is 1. The Bertz CT molecular complexity index is 649. The number of methoxy groups -OCH3 is 1. The maximum atomic E-state index is 5.89. The first-order valence-corrected chi connectivity index (χ1v) is 9.07. The van der Waals surface area contributed by atoms with Crippen molar-refractivity contribution in [2.24, 2.45) is 0 Å². The van der Waals surface area contributed by atoms with Crippen LogP contribution in [0.5, 0.6) is 5.75 Å². The van der Waals surface area contributed by atoms with Crippen LogP contribution >= 0.6 is 0 Å². The predicted molar refractivity (Wildman–Crippen MR) is 105 cm³/mol. The first-order chi connectivity index (χ1) is 12.0. The number of rotatable bonds is 9. The van der Waals surface area contributed by atoms with Gasteiger partial charge in [0.2, 0.25) is 0 Å². The van der Waals surface area contributed by atoms with Crippen molar-refractivity contribution in [1.82, 2.24) is 5.32 Å². The van der Waals surface area contributed by atoms with Crippen molar-refractivity contribution in [3.63, 3.8) is 0 Å². The Labute approximate surface area is 152 Å². The molecular formula is C22H31NO2. The summed E-state index contributed by atoms with van der Waals surface area (Å²) in [5, 5.41) is 3.53. The smallest absolute Gasteiger partial charge is 0.126 e. The van der Waals surface area contributed by atoms with Crippen molar-refractivity contribution in [3.05, 3.63) is 54.1 Å². The van der Waals surface area contributed by atoms with Crippen molar-refractivity contribution in [3.8, 4) is 16.9 Å². The quantitative estimate of drug-likeness (QED) is 0.634. The lowest BCUT2D eigenvalue weighted by Gasteiger charge is -2.24. The third kappa shape index (κ3) is 5.58. The van der Waals surface area contributed by atoms with Gasteiger partial charge in [-0.2, -0.15) is 0 Å². The van der Waals surface area contributed by atoms with E-state index in [1.54, 1.807) is 7.11 Å². The van der Waals surface area contributed by atoms with Gasteiger partial charge in [0.15, 0.2) is 0 Å². The molecule has 136 valence electrons. The lowest BCUT2D eigenvalue weighted by molar-refractivity contribution is -0.0186. The first kappa shape index (κ1) is 19.5. The Balaban J connectivity index is 1.93. The van der Waals surface area contributed by atoms with E-state index in [1.807, 2.05) is 18.2 Å². The molecule has 0 fully saturated rings. The summed E-state index contributed by atoms with van der Waals surface area (Å²) >= 11 is 0. The van der Waals surface area contributed by atoms with Crippen LogP contribution < -0.4 is 10.1 Å². The van der Waals surface area contributed by atoms with Gasteiger partial charge >= 0.3 is 0 Å². The lowest BCUT2D eigenvalue weighted by atomic mass is 10.0. The minimum atomic E-state index is -0.0404. The summed E-state index contributed by atoms with van der Waals surface area (Å²) < 4.78 is 11.3. The molecule has 2 aromatic carbocycles. The number of benzene rings is 2. The first-order valence-electron chi connectivity index (χ1n) is 9.07. The summed E-state index contributed by atoms with van der Waals surface area (Å²) in [7, 11) is 1.71. The lowest BCUT2D eigenvalue weighted by Crippen LogP contribution is -2.29. The second kappa shape index (κ2) is 9.02. The average molecular weight is 341 g/mol. The number of hydrogen-bond donors (Lipinski definition) is 1. The average Bonchev–Trinajstić information content (AvgIpc) is 2.65. The van der Waals surface area contributed by atoms with Crippen molar-refractivity contribution in [2.75, 3.05) is 20.3 Å². The summed E-state index contributed by atoms with van der Waals surface area (Å²) in [4.78, 5) is 0. The Morgan fingerprint density at radius 1 is 1.04 bits per heavy atom. The van der Waals surface area contributed by atoms with E-state index >= 15 is 0 Å². The number of para-hydroxylation sites is 1. The second-order valence-corrected chi connectivity index (χ2v) is 6.96.